The van der Waals surface area contributed by atoms with Crippen molar-refractivity contribution in [2.75, 3.05) is 26.2 Å². The minimum Gasteiger partial charge on any atom is -0.486 e. The van der Waals surface area contributed by atoms with E-state index in [1.54, 1.807) is 9.58 Å². The molecule has 7 nitrogen and oxygen atoms in total. The number of aromatic nitrogens is 2. The fourth-order valence-corrected chi connectivity index (χ4v) is 2.78. The lowest BCUT2D eigenvalue weighted by Gasteiger charge is -2.30. The lowest BCUT2D eigenvalue weighted by atomic mass is 10.2. The quantitative estimate of drug-likeness (QED) is 0.868. The van der Waals surface area contributed by atoms with Gasteiger partial charge in [-0.25, -0.2) is 4.79 Å². The number of benzene rings is 1. The first-order valence-electron chi connectivity index (χ1n) is 8.54. The molecule has 1 aromatic carbocycles. The molecule has 2 heterocycles. The van der Waals surface area contributed by atoms with Crippen LogP contribution in [0.3, 0.4) is 0 Å². The Morgan fingerprint density at radius 2 is 2.20 bits per heavy atom. The van der Waals surface area contributed by atoms with Gasteiger partial charge in [-0.3, -0.25) is 4.68 Å². The second-order valence-corrected chi connectivity index (χ2v) is 6.04. The Labute approximate surface area is 147 Å². The minimum absolute atomic E-state index is 0.0890. The molecule has 0 saturated heterocycles. The van der Waals surface area contributed by atoms with Crippen molar-refractivity contribution in [2.45, 2.75) is 19.4 Å². The number of nitrogens with zero attached hydrogens (tertiary/aromatic N) is 3. The van der Waals surface area contributed by atoms with Crippen LogP contribution in [-0.2, 0) is 13.5 Å². The minimum atomic E-state index is -0.168. The maximum atomic E-state index is 12.4. The van der Waals surface area contributed by atoms with Crippen molar-refractivity contribution in [2.24, 2.45) is 7.05 Å². The Bertz CT molecular complexity index is 716. The number of fused-ring (bicyclic) bond motifs is 1. The lowest BCUT2D eigenvalue weighted by molar-refractivity contribution is 0.0676. The zero-order valence-corrected chi connectivity index (χ0v) is 14.6. The summed E-state index contributed by atoms with van der Waals surface area (Å²) in [6, 6.07) is 7.50. The van der Waals surface area contributed by atoms with Crippen molar-refractivity contribution in [3.63, 3.8) is 0 Å². The summed E-state index contributed by atoms with van der Waals surface area (Å²) in [5.41, 5.74) is 1.10. The molecule has 0 bridgehead atoms. The van der Waals surface area contributed by atoms with E-state index >= 15 is 0 Å². The zero-order chi connectivity index (χ0) is 17.6. The molecule has 1 aromatic heterocycles. The van der Waals surface area contributed by atoms with Gasteiger partial charge in [-0.1, -0.05) is 12.1 Å². The van der Waals surface area contributed by atoms with Crippen LogP contribution in [0.5, 0.6) is 11.5 Å². The fraction of sp³-hybridized carbons (Fsp3) is 0.444. The number of para-hydroxylation sites is 2. The molecule has 2 aromatic rings. The molecule has 25 heavy (non-hydrogen) atoms. The number of hydrogen-bond donors (Lipinski definition) is 1. The van der Waals surface area contributed by atoms with Crippen molar-refractivity contribution >= 4 is 6.03 Å². The van der Waals surface area contributed by atoms with E-state index in [0.29, 0.717) is 26.2 Å². The summed E-state index contributed by atoms with van der Waals surface area (Å²) in [5.74, 6) is 1.48. The largest absolute Gasteiger partial charge is 0.486 e. The summed E-state index contributed by atoms with van der Waals surface area (Å²) in [4.78, 5) is 14.1. The molecule has 1 atom stereocenters. The maximum absolute atomic E-state index is 12.4. The first-order chi connectivity index (χ1) is 12.2. The number of carbonyl (C=O) groups is 1. The fourth-order valence-electron chi connectivity index (χ4n) is 2.78. The summed E-state index contributed by atoms with van der Waals surface area (Å²) in [6.45, 7) is 4.07. The van der Waals surface area contributed by atoms with Crippen molar-refractivity contribution in [3.05, 3.63) is 42.2 Å². The number of nitrogens with one attached hydrogen (secondary N) is 1. The average Bonchev–Trinajstić information content (AvgIpc) is 3.04. The number of likely N-dealkylation sites (N-methyl/N-ethyl adjacent to an activating group) is 1. The van der Waals surface area contributed by atoms with Crippen LogP contribution in [-0.4, -0.2) is 53.1 Å². The van der Waals surface area contributed by atoms with Gasteiger partial charge < -0.3 is 19.7 Å². The molecule has 0 unspecified atom stereocenters. The topological polar surface area (TPSA) is 68.6 Å². The third kappa shape index (κ3) is 4.43. The Kier molecular flexibility index (Phi) is 5.42. The lowest BCUT2D eigenvalue weighted by Crippen LogP contribution is -2.47. The molecule has 0 aliphatic carbocycles. The molecule has 1 N–H and O–H groups in total. The normalized spacial score (nSPS) is 15.7. The molecule has 3 rings (SSSR count). The van der Waals surface area contributed by atoms with E-state index in [4.69, 9.17) is 9.47 Å². The molecule has 0 saturated carbocycles. The smallest absolute Gasteiger partial charge is 0.317 e. The van der Waals surface area contributed by atoms with Gasteiger partial charge >= 0.3 is 6.03 Å². The number of urea groups is 1. The zero-order valence-electron chi connectivity index (χ0n) is 14.6. The van der Waals surface area contributed by atoms with Gasteiger partial charge in [0.15, 0.2) is 17.6 Å². The third-order valence-corrected chi connectivity index (χ3v) is 4.11. The van der Waals surface area contributed by atoms with E-state index in [1.807, 2.05) is 50.6 Å². The first-order valence-corrected chi connectivity index (χ1v) is 8.54. The van der Waals surface area contributed by atoms with Crippen LogP contribution >= 0.6 is 0 Å². The maximum Gasteiger partial charge on any atom is 0.317 e. The highest BCUT2D eigenvalue weighted by molar-refractivity contribution is 5.74. The number of ether oxygens (including phenoxy) is 2. The van der Waals surface area contributed by atoms with Crippen LogP contribution in [0.15, 0.2) is 36.7 Å². The van der Waals surface area contributed by atoms with E-state index in [1.165, 1.54) is 0 Å². The third-order valence-electron chi connectivity index (χ3n) is 4.11. The van der Waals surface area contributed by atoms with Crippen molar-refractivity contribution in [1.29, 1.82) is 0 Å². The molecule has 0 radical (unpaired) electrons. The predicted octanol–water partition coefficient (Wildman–Crippen LogP) is 1.83. The van der Waals surface area contributed by atoms with Gasteiger partial charge in [-0.2, -0.15) is 5.10 Å². The molecular weight excluding hydrogens is 320 g/mol. The second kappa shape index (κ2) is 7.92. The monoisotopic (exact) mass is 344 g/mol. The second-order valence-electron chi connectivity index (χ2n) is 6.04. The van der Waals surface area contributed by atoms with E-state index in [9.17, 15) is 4.79 Å². The summed E-state index contributed by atoms with van der Waals surface area (Å²) >= 11 is 0. The number of hydrogen-bond acceptors (Lipinski definition) is 4. The van der Waals surface area contributed by atoms with Crippen LogP contribution in [0.2, 0.25) is 0 Å². The highest BCUT2D eigenvalue weighted by atomic mass is 16.6. The number of aryl methyl sites for hydroxylation is 1. The van der Waals surface area contributed by atoms with Crippen LogP contribution in [0, 0.1) is 0 Å². The Morgan fingerprint density at radius 3 is 2.92 bits per heavy atom. The van der Waals surface area contributed by atoms with Crippen LogP contribution in [0.4, 0.5) is 4.79 Å². The van der Waals surface area contributed by atoms with Crippen LogP contribution in [0.25, 0.3) is 0 Å². The molecule has 2 amide bonds. The summed E-state index contributed by atoms with van der Waals surface area (Å²) < 4.78 is 13.4. The molecule has 1 aliphatic rings. The van der Waals surface area contributed by atoms with Gasteiger partial charge in [0, 0.05) is 26.3 Å². The van der Waals surface area contributed by atoms with Gasteiger partial charge in [0.2, 0.25) is 0 Å². The van der Waals surface area contributed by atoms with E-state index in [2.05, 4.69) is 10.4 Å². The van der Waals surface area contributed by atoms with Gasteiger partial charge in [0.05, 0.1) is 12.7 Å². The molecule has 134 valence electrons. The van der Waals surface area contributed by atoms with E-state index in [-0.39, 0.29) is 12.1 Å². The van der Waals surface area contributed by atoms with Gasteiger partial charge in [-0.15, -0.1) is 0 Å². The Morgan fingerprint density at radius 1 is 1.40 bits per heavy atom. The Balaban J connectivity index is 1.47. The highest BCUT2D eigenvalue weighted by Gasteiger charge is 2.24. The van der Waals surface area contributed by atoms with E-state index in [0.717, 1.165) is 23.5 Å². The number of carbonyl (C=O) groups excluding carboxylic acids is 1. The van der Waals surface area contributed by atoms with Crippen LogP contribution < -0.4 is 14.8 Å². The molecule has 1 aliphatic heterocycles. The average molecular weight is 344 g/mol. The summed E-state index contributed by atoms with van der Waals surface area (Å²) in [6.07, 6.45) is 4.36. The Hall–Kier alpha value is -2.70. The SMILES string of the molecule is CCN(C[C@@H]1COc2ccccc2O1)C(=O)NCCc1cnn(C)c1. The molecule has 0 spiro atoms. The van der Waals surface area contributed by atoms with Gasteiger partial charge in [0.25, 0.3) is 0 Å². The number of amides is 2. The molecular formula is C18H24N4O3. The number of rotatable bonds is 6. The van der Waals surface area contributed by atoms with Crippen molar-refractivity contribution < 1.29 is 14.3 Å². The van der Waals surface area contributed by atoms with Crippen molar-refractivity contribution in [1.82, 2.24) is 20.0 Å². The van der Waals surface area contributed by atoms with Gasteiger partial charge in [-0.05, 0) is 31.0 Å². The summed E-state index contributed by atoms with van der Waals surface area (Å²) in [5, 5.41) is 7.08. The van der Waals surface area contributed by atoms with Gasteiger partial charge in [0.1, 0.15) is 6.61 Å². The van der Waals surface area contributed by atoms with Crippen molar-refractivity contribution in [3.8, 4) is 11.5 Å². The standard InChI is InChI=1S/C18H24N4O3/c1-3-22(18(23)19-9-8-14-10-20-21(2)11-14)12-15-13-24-16-6-4-5-7-17(16)25-15/h4-7,10-11,15H,3,8-9,12-13H2,1-2H3,(H,19,23)/t15-/m1/s1. The van der Waals surface area contributed by atoms with Crippen LogP contribution in [0.1, 0.15) is 12.5 Å². The predicted molar refractivity (Wildman–Crippen MR) is 93.9 cm³/mol. The first kappa shape index (κ1) is 17.1. The molecule has 7 heteroatoms. The van der Waals surface area contributed by atoms with E-state index < -0.39 is 0 Å². The summed E-state index contributed by atoms with van der Waals surface area (Å²) in [7, 11) is 1.88. The highest BCUT2D eigenvalue weighted by Crippen LogP contribution is 2.30. The molecule has 0 fully saturated rings.